The first kappa shape index (κ1) is 5.04. The zero-order chi connectivity index (χ0) is 5.11. The summed E-state index contributed by atoms with van der Waals surface area (Å²) in [4.78, 5) is 0. The van der Waals surface area contributed by atoms with Crippen molar-refractivity contribution in [2.24, 2.45) is 0 Å². The van der Waals surface area contributed by atoms with Crippen LogP contribution in [0.5, 0.6) is 0 Å². The van der Waals surface area contributed by atoms with Gasteiger partial charge in [-0.05, 0) is 12.8 Å². The molecular weight excluding hydrogens is 93.1 g/mol. The van der Waals surface area contributed by atoms with Crippen molar-refractivity contribution in [3.05, 3.63) is 0 Å². The smallest absolute Gasteiger partial charge is 0.106 e. The van der Waals surface area contributed by atoms with E-state index in [1.807, 2.05) is 0 Å². The number of alkyl halides is 1. The summed E-state index contributed by atoms with van der Waals surface area (Å²) in [6.45, 7) is 0.634. The van der Waals surface area contributed by atoms with Gasteiger partial charge in [-0.3, -0.25) is 0 Å². The van der Waals surface area contributed by atoms with Crippen LogP contribution in [-0.2, 0) is 0 Å². The Morgan fingerprint density at radius 1 is 1.71 bits per heavy atom. The SMILES string of the molecule is FC[C@H]1CCC[N]1. The highest BCUT2D eigenvalue weighted by atomic mass is 19.1. The van der Waals surface area contributed by atoms with Crippen molar-refractivity contribution in [2.75, 3.05) is 13.2 Å². The van der Waals surface area contributed by atoms with Gasteiger partial charge in [0, 0.05) is 6.54 Å². The summed E-state index contributed by atoms with van der Waals surface area (Å²) < 4.78 is 11.6. The van der Waals surface area contributed by atoms with Crippen molar-refractivity contribution in [3.8, 4) is 0 Å². The first-order chi connectivity index (χ1) is 3.43. The minimum Gasteiger partial charge on any atom is -0.249 e. The van der Waals surface area contributed by atoms with E-state index < -0.39 is 0 Å². The molecule has 0 saturated carbocycles. The molecule has 1 aliphatic rings. The highest BCUT2D eigenvalue weighted by molar-refractivity contribution is 4.71. The van der Waals surface area contributed by atoms with Crippen molar-refractivity contribution >= 4 is 0 Å². The highest BCUT2D eigenvalue weighted by Crippen LogP contribution is 2.05. The van der Waals surface area contributed by atoms with E-state index in [1.54, 1.807) is 0 Å². The number of rotatable bonds is 1. The fraction of sp³-hybridized carbons (Fsp3) is 1.00. The number of hydrogen-bond donors (Lipinski definition) is 0. The lowest BCUT2D eigenvalue weighted by Gasteiger charge is -1.97. The second-order valence-corrected chi connectivity index (χ2v) is 1.86. The lowest BCUT2D eigenvalue weighted by atomic mass is 10.2. The van der Waals surface area contributed by atoms with Gasteiger partial charge in [-0.1, -0.05) is 0 Å². The van der Waals surface area contributed by atoms with Crippen LogP contribution in [0.15, 0.2) is 0 Å². The van der Waals surface area contributed by atoms with E-state index in [2.05, 4.69) is 5.32 Å². The molecule has 0 amide bonds. The van der Waals surface area contributed by atoms with Gasteiger partial charge in [-0.15, -0.1) is 0 Å². The van der Waals surface area contributed by atoms with Gasteiger partial charge in [0.05, 0.1) is 6.04 Å². The summed E-state index contributed by atoms with van der Waals surface area (Å²) in [6.07, 6.45) is 2.06. The fourth-order valence-corrected chi connectivity index (χ4v) is 0.818. The maximum Gasteiger partial charge on any atom is 0.106 e. The second kappa shape index (κ2) is 2.26. The normalized spacial score (nSPS) is 31.3. The Kier molecular flexibility index (Phi) is 1.63. The molecule has 2 heteroatoms. The summed E-state index contributed by atoms with van der Waals surface area (Å²) in [7, 11) is 0. The Hall–Kier alpha value is -0.110. The van der Waals surface area contributed by atoms with Crippen LogP contribution < -0.4 is 5.32 Å². The lowest BCUT2D eigenvalue weighted by Crippen LogP contribution is -2.15. The predicted octanol–water partition coefficient (Wildman–Crippen LogP) is 0.723. The Morgan fingerprint density at radius 2 is 2.57 bits per heavy atom. The Morgan fingerprint density at radius 3 is 2.86 bits per heavy atom. The third-order valence-electron chi connectivity index (χ3n) is 1.26. The summed E-state index contributed by atoms with van der Waals surface area (Å²) >= 11 is 0. The molecule has 1 nitrogen and oxygen atoms in total. The van der Waals surface area contributed by atoms with Gasteiger partial charge in [0.2, 0.25) is 0 Å². The number of halogens is 1. The van der Waals surface area contributed by atoms with E-state index in [1.165, 1.54) is 0 Å². The summed E-state index contributed by atoms with van der Waals surface area (Å²) in [5, 5.41) is 3.98. The van der Waals surface area contributed by atoms with Crippen molar-refractivity contribution in [3.63, 3.8) is 0 Å². The minimum absolute atomic E-state index is 0.0556. The molecule has 1 aliphatic heterocycles. The van der Waals surface area contributed by atoms with Crippen LogP contribution >= 0.6 is 0 Å². The molecule has 0 aromatic heterocycles. The molecule has 7 heavy (non-hydrogen) atoms. The average Bonchev–Trinajstić information content (AvgIpc) is 2.14. The van der Waals surface area contributed by atoms with E-state index in [9.17, 15) is 4.39 Å². The molecule has 1 radical (unpaired) electrons. The number of hydrogen-bond acceptors (Lipinski definition) is 0. The van der Waals surface area contributed by atoms with Gasteiger partial charge in [0.25, 0.3) is 0 Å². The monoisotopic (exact) mass is 102 g/mol. The molecule has 1 saturated heterocycles. The summed E-state index contributed by atoms with van der Waals surface area (Å²) in [5.41, 5.74) is 0. The van der Waals surface area contributed by atoms with Crippen molar-refractivity contribution < 1.29 is 4.39 Å². The maximum atomic E-state index is 11.6. The minimum atomic E-state index is -0.250. The number of nitrogens with zero attached hydrogens (tertiary/aromatic N) is 1. The Bertz CT molecular complexity index is 50.0. The zero-order valence-corrected chi connectivity index (χ0v) is 4.23. The molecule has 0 spiro atoms. The van der Waals surface area contributed by atoms with E-state index in [-0.39, 0.29) is 12.7 Å². The van der Waals surface area contributed by atoms with Crippen molar-refractivity contribution in [2.45, 2.75) is 18.9 Å². The van der Waals surface area contributed by atoms with Crippen LogP contribution in [0, 0.1) is 0 Å². The molecule has 41 valence electrons. The average molecular weight is 102 g/mol. The maximum absolute atomic E-state index is 11.6. The summed E-state index contributed by atoms with van der Waals surface area (Å²) in [5.74, 6) is 0. The van der Waals surface area contributed by atoms with Crippen LogP contribution in [0.1, 0.15) is 12.8 Å². The molecule has 1 rings (SSSR count). The van der Waals surface area contributed by atoms with Gasteiger partial charge in [0.15, 0.2) is 0 Å². The quantitative estimate of drug-likeness (QED) is 0.463. The third-order valence-corrected chi connectivity index (χ3v) is 1.26. The van der Waals surface area contributed by atoms with Crippen LogP contribution in [-0.4, -0.2) is 19.3 Å². The largest absolute Gasteiger partial charge is 0.249 e. The van der Waals surface area contributed by atoms with Gasteiger partial charge in [0.1, 0.15) is 6.67 Å². The first-order valence-electron chi connectivity index (χ1n) is 2.66. The molecule has 0 aromatic rings. The van der Waals surface area contributed by atoms with Gasteiger partial charge >= 0.3 is 0 Å². The molecule has 0 N–H and O–H groups in total. The lowest BCUT2D eigenvalue weighted by molar-refractivity contribution is 0.402. The van der Waals surface area contributed by atoms with Crippen LogP contribution in [0.2, 0.25) is 0 Å². The van der Waals surface area contributed by atoms with Crippen molar-refractivity contribution in [1.82, 2.24) is 5.32 Å². The summed E-state index contributed by atoms with van der Waals surface area (Å²) in [6, 6.07) is 0.0556. The molecule has 0 aliphatic carbocycles. The Labute approximate surface area is 42.9 Å². The van der Waals surface area contributed by atoms with E-state index in [4.69, 9.17) is 0 Å². The van der Waals surface area contributed by atoms with Crippen LogP contribution in [0.25, 0.3) is 0 Å². The molecule has 0 unspecified atom stereocenters. The second-order valence-electron chi connectivity index (χ2n) is 1.86. The molecule has 1 atom stereocenters. The zero-order valence-electron chi connectivity index (χ0n) is 4.23. The predicted molar refractivity (Wildman–Crippen MR) is 26.0 cm³/mol. The highest BCUT2D eigenvalue weighted by Gasteiger charge is 2.13. The fourth-order valence-electron chi connectivity index (χ4n) is 0.818. The van der Waals surface area contributed by atoms with Gasteiger partial charge in [-0.25, -0.2) is 9.71 Å². The van der Waals surface area contributed by atoms with E-state index >= 15 is 0 Å². The molecule has 0 bridgehead atoms. The Balaban J connectivity index is 2.14. The van der Waals surface area contributed by atoms with E-state index in [0.29, 0.717) is 0 Å². The molecule has 0 aromatic carbocycles. The standard InChI is InChI=1S/C5H9FN/c6-4-5-2-1-3-7-5/h5H,1-4H2/t5-/m1/s1. The topological polar surface area (TPSA) is 14.1 Å². The molecular formula is C5H9FN. The molecule has 1 heterocycles. The van der Waals surface area contributed by atoms with Crippen LogP contribution in [0.3, 0.4) is 0 Å². The van der Waals surface area contributed by atoms with E-state index in [0.717, 1.165) is 19.4 Å². The van der Waals surface area contributed by atoms with Gasteiger partial charge in [-0.2, -0.15) is 0 Å². The van der Waals surface area contributed by atoms with Gasteiger partial charge < -0.3 is 0 Å². The van der Waals surface area contributed by atoms with Crippen LogP contribution in [0.4, 0.5) is 4.39 Å². The van der Waals surface area contributed by atoms with Crippen molar-refractivity contribution in [1.29, 1.82) is 0 Å². The molecule has 1 fully saturated rings. The first-order valence-corrected chi connectivity index (χ1v) is 2.66. The third kappa shape index (κ3) is 1.13.